The van der Waals surface area contributed by atoms with Gasteiger partial charge in [0.05, 0.1) is 15.5 Å². The van der Waals surface area contributed by atoms with Crippen LogP contribution in [-0.4, -0.2) is 26.7 Å². The molecule has 2 aromatic carbocycles. The molecule has 14 heteroatoms. The Kier molecular flexibility index (Phi) is 7.25. The number of anilines is 2. The molecule has 0 atom stereocenters. The monoisotopic (exact) mass is 495 g/mol. The molecule has 0 aliphatic heterocycles. The number of hydrogen-bond donors (Lipinski definition) is 4. The average molecular weight is 497 g/mol. The third-order valence-corrected chi connectivity index (χ3v) is 4.64. The minimum Gasteiger partial charge on any atom is -0.276 e. The summed E-state index contributed by atoms with van der Waals surface area (Å²) in [4.78, 5) is 42.8. The number of halogens is 3. The van der Waals surface area contributed by atoms with Gasteiger partial charge in [-0.15, -0.1) is 0 Å². The maximum Gasteiger partial charge on any atom is 0.356 e. The highest BCUT2D eigenvalue weighted by atomic mass is 35.5. The van der Waals surface area contributed by atoms with Gasteiger partial charge in [0.25, 0.3) is 11.8 Å². The van der Waals surface area contributed by atoms with Crippen LogP contribution in [0.5, 0.6) is 0 Å². The van der Waals surface area contributed by atoms with Gasteiger partial charge in [0.2, 0.25) is 11.6 Å². The van der Waals surface area contributed by atoms with E-state index in [-0.39, 0.29) is 27.8 Å². The molecule has 1 heterocycles. The predicted octanol–water partition coefficient (Wildman–Crippen LogP) is 3.86. The lowest BCUT2D eigenvalue weighted by molar-refractivity contribution is -0.383. The summed E-state index contributed by atoms with van der Waals surface area (Å²) in [5.41, 5.74) is 8.90. The summed E-state index contributed by atoms with van der Waals surface area (Å²) in [6.45, 7) is 0. The molecule has 32 heavy (non-hydrogen) atoms. The number of hydrazine groups is 2. The molecule has 0 fully saturated rings. The van der Waals surface area contributed by atoms with Crippen molar-refractivity contribution in [3.8, 4) is 0 Å². The average Bonchev–Trinajstić information content (AvgIpc) is 2.75. The molecule has 0 aliphatic rings. The van der Waals surface area contributed by atoms with Crippen molar-refractivity contribution in [2.24, 2.45) is 0 Å². The van der Waals surface area contributed by atoms with Gasteiger partial charge in [0, 0.05) is 15.6 Å². The summed E-state index contributed by atoms with van der Waals surface area (Å²) in [5, 5.41) is 12.3. The number of aromatic nitrogens is 2. The van der Waals surface area contributed by atoms with Crippen LogP contribution < -0.4 is 21.7 Å². The Morgan fingerprint density at radius 2 is 1.50 bits per heavy atom. The molecule has 0 saturated carbocycles. The number of nitrogens with one attached hydrogen (secondary N) is 4. The number of nitro groups is 1. The summed E-state index contributed by atoms with van der Waals surface area (Å²) in [6.07, 6.45) is 0.991. The lowest BCUT2D eigenvalue weighted by atomic mass is 10.2. The number of carbonyl (C=O) groups is 2. The van der Waals surface area contributed by atoms with Crippen LogP contribution in [0.2, 0.25) is 15.1 Å². The van der Waals surface area contributed by atoms with Gasteiger partial charge < -0.3 is 0 Å². The van der Waals surface area contributed by atoms with E-state index < -0.39 is 22.4 Å². The number of rotatable bonds is 7. The topological polar surface area (TPSA) is 151 Å². The van der Waals surface area contributed by atoms with Crippen molar-refractivity contribution in [1.82, 2.24) is 20.8 Å². The van der Waals surface area contributed by atoms with Crippen molar-refractivity contribution in [2.45, 2.75) is 0 Å². The zero-order valence-corrected chi connectivity index (χ0v) is 18.0. The molecule has 0 spiro atoms. The molecule has 4 N–H and O–H groups in total. The Morgan fingerprint density at radius 3 is 2.09 bits per heavy atom. The molecular formula is C18H12Cl3N7O4. The number of benzene rings is 2. The highest BCUT2D eigenvalue weighted by Gasteiger charge is 2.24. The summed E-state index contributed by atoms with van der Waals surface area (Å²) >= 11 is 17.6. The Hall–Kier alpha value is -3.67. The lowest BCUT2D eigenvalue weighted by Crippen LogP contribution is -2.32. The maximum atomic E-state index is 12.3. The van der Waals surface area contributed by atoms with E-state index >= 15 is 0 Å². The first-order valence-electron chi connectivity index (χ1n) is 8.59. The summed E-state index contributed by atoms with van der Waals surface area (Å²) in [6, 6.07) is 10.3. The SMILES string of the molecule is O=C(NNc1ncnc(NNC(=O)c2ccc(Cl)cc2Cl)c1[N+](=O)[O-])c1cccc(Cl)c1. The summed E-state index contributed by atoms with van der Waals surface area (Å²) in [5.74, 6) is -1.98. The van der Waals surface area contributed by atoms with Crippen LogP contribution in [0.1, 0.15) is 20.7 Å². The van der Waals surface area contributed by atoms with Crippen LogP contribution in [0.4, 0.5) is 17.3 Å². The predicted molar refractivity (Wildman–Crippen MR) is 119 cm³/mol. The fourth-order valence-corrected chi connectivity index (χ4v) is 3.09. The largest absolute Gasteiger partial charge is 0.356 e. The fourth-order valence-electron chi connectivity index (χ4n) is 2.41. The number of amides is 2. The normalized spacial score (nSPS) is 10.2. The van der Waals surface area contributed by atoms with Crippen LogP contribution in [0.25, 0.3) is 0 Å². The minimum absolute atomic E-state index is 0.0763. The summed E-state index contributed by atoms with van der Waals surface area (Å²) < 4.78 is 0. The fraction of sp³-hybridized carbons (Fsp3) is 0. The molecule has 164 valence electrons. The number of hydrogen-bond acceptors (Lipinski definition) is 8. The Bertz CT molecular complexity index is 1210. The van der Waals surface area contributed by atoms with Crippen LogP contribution in [0.15, 0.2) is 48.8 Å². The molecule has 2 amide bonds. The molecule has 3 aromatic rings. The molecular weight excluding hydrogens is 485 g/mol. The minimum atomic E-state index is -0.794. The van der Waals surface area contributed by atoms with Crippen molar-refractivity contribution in [1.29, 1.82) is 0 Å². The first-order valence-corrected chi connectivity index (χ1v) is 9.72. The molecule has 0 radical (unpaired) electrons. The Labute approximate surface area is 195 Å². The lowest BCUT2D eigenvalue weighted by Gasteiger charge is -2.12. The third-order valence-electron chi connectivity index (χ3n) is 3.86. The van der Waals surface area contributed by atoms with E-state index in [1.54, 1.807) is 12.1 Å². The Balaban J connectivity index is 1.75. The van der Waals surface area contributed by atoms with E-state index in [9.17, 15) is 19.7 Å². The number of nitrogens with zero attached hydrogens (tertiary/aromatic N) is 3. The van der Waals surface area contributed by atoms with Crippen LogP contribution in [0.3, 0.4) is 0 Å². The highest BCUT2D eigenvalue weighted by Crippen LogP contribution is 2.28. The molecule has 0 bridgehead atoms. The smallest absolute Gasteiger partial charge is 0.276 e. The van der Waals surface area contributed by atoms with E-state index in [1.807, 2.05) is 0 Å². The van der Waals surface area contributed by atoms with Gasteiger partial charge in [0.15, 0.2) is 0 Å². The van der Waals surface area contributed by atoms with E-state index in [0.717, 1.165) is 6.33 Å². The molecule has 0 saturated heterocycles. The first kappa shape index (κ1) is 23.0. The number of carbonyl (C=O) groups excluding carboxylic acids is 2. The second-order valence-corrected chi connectivity index (χ2v) is 7.25. The standard InChI is InChI=1S/C18H12Cl3N7O4/c19-10-3-1-2-9(6-10)17(29)26-24-15-14(28(31)32)16(23-8-22-15)25-27-18(30)12-5-4-11(20)7-13(12)21/h1-8H,(H,26,29)(H,27,30)(H2,22,23,24,25). The molecule has 1 aromatic heterocycles. The van der Waals surface area contributed by atoms with Gasteiger partial charge in [-0.05, 0) is 36.4 Å². The second-order valence-electron chi connectivity index (χ2n) is 5.97. The van der Waals surface area contributed by atoms with Crippen molar-refractivity contribution in [2.75, 3.05) is 10.9 Å². The molecule has 0 unspecified atom stereocenters. The molecule has 11 nitrogen and oxygen atoms in total. The first-order chi connectivity index (χ1) is 15.3. The van der Waals surface area contributed by atoms with Crippen LogP contribution in [-0.2, 0) is 0 Å². The Morgan fingerprint density at radius 1 is 0.875 bits per heavy atom. The highest BCUT2D eigenvalue weighted by molar-refractivity contribution is 6.36. The second kappa shape index (κ2) is 10.1. The third kappa shape index (κ3) is 5.52. The zero-order valence-electron chi connectivity index (χ0n) is 15.7. The zero-order chi connectivity index (χ0) is 23.3. The quantitative estimate of drug-likeness (QED) is 0.284. The van der Waals surface area contributed by atoms with E-state index in [2.05, 4.69) is 31.7 Å². The van der Waals surface area contributed by atoms with Gasteiger partial charge in [-0.1, -0.05) is 40.9 Å². The van der Waals surface area contributed by atoms with Crippen molar-refractivity contribution >= 4 is 63.9 Å². The molecule has 0 aliphatic carbocycles. The van der Waals surface area contributed by atoms with Crippen molar-refractivity contribution < 1.29 is 14.5 Å². The van der Waals surface area contributed by atoms with E-state index in [0.29, 0.717) is 10.0 Å². The van der Waals surface area contributed by atoms with Crippen LogP contribution >= 0.6 is 34.8 Å². The van der Waals surface area contributed by atoms with E-state index in [4.69, 9.17) is 34.8 Å². The van der Waals surface area contributed by atoms with Gasteiger partial charge in [-0.2, -0.15) is 0 Å². The van der Waals surface area contributed by atoms with Crippen LogP contribution in [0, 0.1) is 10.1 Å². The van der Waals surface area contributed by atoms with Gasteiger partial charge in [-0.25, -0.2) is 9.97 Å². The molecule has 3 rings (SSSR count). The van der Waals surface area contributed by atoms with Gasteiger partial charge in [-0.3, -0.25) is 41.4 Å². The van der Waals surface area contributed by atoms with Crippen molar-refractivity contribution in [3.05, 3.63) is 85.1 Å². The van der Waals surface area contributed by atoms with Gasteiger partial charge >= 0.3 is 5.69 Å². The van der Waals surface area contributed by atoms with Gasteiger partial charge in [0.1, 0.15) is 6.33 Å². The summed E-state index contributed by atoms with van der Waals surface area (Å²) in [7, 11) is 0. The van der Waals surface area contributed by atoms with E-state index in [1.165, 1.54) is 30.3 Å². The maximum absolute atomic E-state index is 12.3. The van der Waals surface area contributed by atoms with Crippen molar-refractivity contribution in [3.63, 3.8) is 0 Å².